The number of hydrogen-bond donors (Lipinski definition) is 4. The quantitative estimate of drug-likeness (QED) is 0.479. The Morgan fingerprint density at radius 2 is 2.14 bits per heavy atom. The maximum absolute atomic E-state index is 12.7. The molecule has 0 unspecified atom stereocenters. The van der Waals surface area contributed by atoms with E-state index in [4.69, 9.17) is 0 Å². The van der Waals surface area contributed by atoms with Crippen LogP contribution in [0.3, 0.4) is 0 Å². The van der Waals surface area contributed by atoms with E-state index < -0.39 is 0 Å². The van der Waals surface area contributed by atoms with Crippen LogP contribution in [-0.2, 0) is 6.54 Å². The number of aromatic nitrogens is 2. The van der Waals surface area contributed by atoms with Crippen LogP contribution in [0.2, 0.25) is 0 Å². The second-order valence-electron chi connectivity index (χ2n) is 7.15. The van der Waals surface area contributed by atoms with Crippen LogP contribution in [0.5, 0.6) is 0 Å². The Balaban J connectivity index is 1.71. The van der Waals surface area contributed by atoms with Crippen molar-refractivity contribution < 1.29 is 9.90 Å². The summed E-state index contributed by atoms with van der Waals surface area (Å²) in [6.45, 7) is 3.42. The number of thiophene rings is 1. The number of carbonyl (C=O) groups is 1. The normalized spacial score (nSPS) is 19.2. The summed E-state index contributed by atoms with van der Waals surface area (Å²) >= 11 is 1.61. The lowest BCUT2D eigenvalue weighted by atomic mass is 9.93. The lowest BCUT2D eigenvalue weighted by Gasteiger charge is -2.27. The lowest BCUT2D eigenvalue weighted by molar-refractivity contribution is 0.0951. The summed E-state index contributed by atoms with van der Waals surface area (Å²) in [5.74, 6) is 0.896. The van der Waals surface area contributed by atoms with Gasteiger partial charge in [-0.3, -0.25) is 4.79 Å². The molecule has 1 aliphatic carbocycles. The Bertz CT molecular complexity index is 745. The molecule has 0 saturated heterocycles. The zero-order valence-electron chi connectivity index (χ0n) is 16.3. The highest BCUT2D eigenvalue weighted by molar-refractivity contribution is 7.09. The fourth-order valence-electron chi connectivity index (χ4n) is 3.21. The maximum atomic E-state index is 12.7. The summed E-state index contributed by atoms with van der Waals surface area (Å²) < 4.78 is 0. The van der Waals surface area contributed by atoms with Gasteiger partial charge in [0.25, 0.3) is 5.91 Å². The van der Waals surface area contributed by atoms with Crippen molar-refractivity contribution in [2.45, 2.75) is 64.1 Å². The first-order valence-electron chi connectivity index (χ1n) is 10.0. The van der Waals surface area contributed by atoms with Gasteiger partial charge in [-0.1, -0.05) is 19.4 Å². The van der Waals surface area contributed by atoms with Crippen LogP contribution in [0.4, 0.5) is 11.8 Å². The first-order chi connectivity index (χ1) is 13.7. The minimum Gasteiger partial charge on any atom is -0.393 e. The van der Waals surface area contributed by atoms with Crippen molar-refractivity contribution in [3.8, 4) is 0 Å². The average molecular weight is 404 g/mol. The van der Waals surface area contributed by atoms with Crippen LogP contribution in [0.25, 0.3) is 0 Å². The van der Waals surface area contributed by atoms with Crippen LogP contribution in [0, 0.1) is 0 Å². The molecule has 152 valence electrons. The molecule has 1 amide bonds. The van der Waals surface area contributed by atoms with Gasteiger partial charge in [0.15, 0.2) is 0 Å². The molecule has 1 saturated carbocycles. The highest BCUT2D eigenvalue weighted by Gasteiger charge is 2.22. The third kappa shape index (κ3) is 5.90. The molecule has 0 aromatic carbocycles. The van der Waals surface area contributed by atoms with Gasteiger partial charge in [0, 0.05) is 23.7 Å². The molecule has 3 rings (SSSR count). The van der Waals surface area contributed by atoms with E-state index in [0.717, 1.165) is 49.9 Å². The van der Waals surface area contributed by atoms with E-state index in [9.17, 15) is 9.90 Å². The summed E-state index contributed by atoms with van der Waals surface area (Å²) in [6, 6.07) is 4.16. The Labute approximate surface area is 170 Å². The lowest BCUT2D eigenvalue weighted by Crippen LogP contribution is -2.31. The predicted octanol–water partition coefficient (Wildman–Crippen LogP) is 3.40. The van der Waals surface area contributed by atoms with Crippen molar-refractivity contribution in [1.82, 2.24) is 15.3 Å². The number of rotatable bonds is 9. The second-order valence-corrected chi connectivity index (χ2v) is 8.18. The van der Waals surface area contributed by atoms with Crippen LogP contribution in [0.15, 0.2) is 23.7 Å². The number of nitrogens with one attached hydrogen (secondary N) is 3. The van der Waals surface area contributed by atoms with Crippen molar-refractivity contribution in [3.63, 3.8) is 0 Å². The summed E-state index contributed by atoms with van der Waals surface area (Å²) in [4.78, 5) is 22.7. The molecule has 2 heterocycles. The van der Waals surface area contributed by atoms with E-state index in [0.29, 0.717) is 23.9 Å². The third-order valence-corrected chi connectivity index (χ3v) is 5.76. The predicted molar refractivity (Wildman–Crippen MR) is 113 cm³/mol. The van der Waals surface area contributed by atoms with E-state index >= 15 is 0 Å². The molecule has 0 radical (unpaired) electrons. The molecule has 0 atom stereocenters. The summed E-state index contributed by atoms with van der Waals surface area (Å²) in [7, 11) is 0. The molecule has 0 bridgehead atoms. The average Bonchev–Trinajstić information content (AvgIpc) is 3.22. The largest absolute Gasteiger partial charge is 0.393 e. The van der Waals surface area contributed by atoms with E-state index in [-0.39, 0.29) is 18.1 Å². The van der Waals surface area contributed by atoms with Crippen LogP contribution >= 0.6 is 11.3 Å². The highest BCUT2D eigenvalue weighted by atomic mass is 32.1. The monoisotopic (exact) mass is 403 g/mol. The summed E-state index contributed by atoms with van der Waals surface area (Å²) in [5.41, 5.74) is 0.448. The van der Waals surface area contributed by atoms with Crippen molar-refractivity contribution >= 4 is 29.0 Å². The van der Waals surface area contributed by atoms with Gasteiger partial charge < -0.3 is 21.1 Å². The van der Waals surface area contributed by atoms with Gasteiger partial charge in [0.1, 0.15) is 11.4 Å². The Morgan fingerprint density at radius 1 is 1.32 bits per heavy atom. The SMILES string of the molecule is CCCCNc1ncc(C(=O)NCc2cccs2)c(NC2CCC(O)CC2)n1. The summed E-state index contributed by atoms with van der Waals surface area (Å²) in [6.07, 6.45) is 6.75. The van der Waals surface area contributed by atoms with Gasteiger partial charge in [-0.15, -0.1) is 11.3 Å². The van der Waals surface area contributed by atoms with Crippen LogP contribution < -0.4 is 16.0 Å². The van der Waals surface area contributed by atoms with E-state index in [1.807, 2.05) is 17.5 Å². The molecule has 7 nitrogen and oxygen atoms in total. The Morgan fingerprint density at radius 3 is 2.86 bits per heavy atom. The number of anilines is 2. The summed E-state index contributed by atoms with van der Waals surface area (Å²) in [5, 5.41) is 21.3. The fourth-order valence-corrected chi connectivity index (χ4v) is 3.85. The number of aliphatic hydroxyl groups is 1. The van der Waals surface area contributed by atoms with Crippen LogP contribution in [0.1, 0.15) is 60.7 Å². The minimum absolute atomic E-state index is 0.188. The first kappa shape index (κ1) is 20.5. The zero-order chi connectivity index (χ0) is 19.8. The highest BCUT2D eigenvalue weighted by Crippen LogP contribution is 2.24. The van der Waals surface area contributed by atoms with Gasteiger partial charge in [0.2, 0.25) is 5.95 Å². The molecule has 28 heavy (non-hydrogen) atoms. The van der Waals surface area contributed by atoms with Crippen molar-refractivity contribution in [2.24, 2.45) is 0 Å². The molecule has 2 aromatic heterocycles. The zero-order valence-corrected chi connectivity index (χ0v) is 17.1. The molecular weight excluding hydrogens is 374 g/mol. The Kier molecular flexibility index (Phi) is 7.62. The molecular formula is C20H29N5O2S. The standard InChI is InChI=1S/C20H29N5O2S/c1-2-3-10-21-20-23-13-17(19(27)22-12-16-5-4-11-28-16)18(25-20)24-14-6-8-15(26)9-7-14/h4-5,11,13-15,26H,2-3,6-10,12H2,1H3,(H,22,27)(H2,21,23,24,25). The fraction of sp³-hybridized carbons (Fsp3) is 0.550. The van der Waals surface area contributed by atoms with Gasteiger partial charge >= 0.3 is 0 Å². The van der Waals surface area contributed by atoms with Gasteiger partial charge in [-0.05, 0) is 43.6 Å². The Hall–Kier alpha value is -2.19. The van der Waals surface area contributed by atoms with Gasteiger partial charge in [-0.2, -0.15) is 4.98 Å². The molecule has 0 aliphatic heterocycles. The number of nitrogens with zero attached hydrogens (tertiary/aromatic N) is 2. The number of amides is 1. The molecule has 4 N–H and O–H groups in total. The topological polar surface area (TPSA) is 99.2 Å². The first-order valence-corrected chi connectivity index (χ1v) is 10.9. The molecule has 8 heteroatoms. The molecule has 1 fully saturated rings. The third-order valence-electron chi connectivity index (χ3n) is 4.89. The smallest absolute Gasteiger partial charge is 0.256 e. The van der Waals surface area contributed by atoms with Gasteiger partial charge in [0.05, 0.1) is 12.6 Å². The van der Waals surface area contributed by atoms with E-state index in [2.05, 4.69) is 32.8 Å². The number of carbonyl (C=O) groups excluding carboxylic acids is 1. The van der Waals surface area contributed by atoms with Crippen LogP contribution in [-0.4, -0.2) is 39.7 Å². The molecule has 0 spiro atoms. The number of unbranched alkanes of at least 4 members (excludes halogenated alkanes) is 1. The van der Waals surface area contributed by atoms with Crippen molar-refractivity contribution in [3.05, 3.63) is 34.2 Å². The van der Waals surface area contributed by atoms with Gasteiger partial charge in [-0.25, -0.2) is 4.98 Å². The van der Waals surface area contributed by atoms with Crippen molar-refractivity contribution in [2.75, 3.05) is 17.2 Å². The number of hydrogen-bond acceptors (Lipinski definition) is 7. The number of aliphatic hydroxyl groups excluding tert-OH is 1. The maximum Gasteiger partial charge on any atom is 0.256 e. The minimum atomic E-state index is -0.219. The molecule has 2 aromatic rings. The van der Waals surface area contributed by atoms with E-state index in [1.54, 1.807) is 17.5 Å². The second kappa shape index (κ2) is 10.4. The van der Waals surface area contributed by atoms with Crippen molar-refractivity contribution in [1.29, 1.82) is 0 Å². The van der Waals surface area contributed by atoms with E-state index in [1.165, 1.54) is 0 Å². The molecule has 1 aliphatic rings.